The summed E-state index contributed by atoms with van der Waals surface area (Å²) in [6.45, 7) is 0.0789. The highest BCUT2D eigenvalue weighted by Gasteiger charge is 2.47. The van der Waals surface area contributed by atoms with Crippen LogP contribution in [0.25, 0.3) is 0 Å². The molecule has 0 aromatic carbocycles. The number of urea groups is 1. The van der Waals surface area contributed by atoms with Gasteiger partial charge in [-0.3, -0.25) is 9.45 Å². The molecule has 1 N–H and O–H groups in total. The molecule has 2 amide bonds. The Morgan fingerprint density at radius 1 is 1.47 bits per heavy atom. The number of hydrogen-bond donors (Lipinski definition) is 1. The van der Waals surface area contributed by atoms with Crippen LogP contribution in [0.1, 0.15) is 12.8 Å². The molecular formula is C6H9FN2O5S. The minimum Gasteiger partial charge on any atom is -0.290 e. The Morgan fingerprint density at radius 3 is 2.67 bits per heavy atom. The second-order valence-electron chi connectivity index (χ2n) is 3.43. The smallest absolute Gasteiger partial charge is 0.290 e. The van der Waals surface area contributed by atoms with Crippen molar-refractivity contribution in [2.45, 2.75) is 25.2 Å². The zero-order valence-corrected chi connectivity index (χ0v) is 8.35. The van der Waals surface area contributed by atoms with Gasteiger partial charge >= 0.3 is 16.4 Å². The van der Waals surface area contributed by atoms with E-state index < -0.39 is 28.8 Å². The first-order valence-electron chi connectivity index (χ1n) is 4.29. The average Bonchev–Trinajstić information content (AvgIpc) is 2.35. The minimum absolute atomic E-state index is 0.0789. The lowest BCUT2D eigenvalue weighted by molar-refractivity contribution is -0.0319. The first-order valence-corrected chi connectivity index (χ1v) is 5.66. The Morgan fingerprint density at radius 2 is 2.13 bits per heavy atom. The topological polar surface area (TPSA) is 87.2 Å². The predicted octanol–water partition coefficient (Wildman–Crippen LogP) is -0.0836. The van der Waals surface area contributed by atoms with Crippen LogP contribution in [-0.4, -0.2) is 47.8 Å². The molecule has 2 atom stereocenters. The summed E-state index contributed by atoms with van der Waals surface area (Å²) >= 11 is 0. The number of amides is 2. The van der Waals surface area contributed by atoms with Crippen LogP contribution in [0.5, 0.6) is 0 Å². The van der Waals surface area contributed by atoms with Gasteiger partial charge in [0, 0.05) is 6.54 Å². The summed E-state index contributed by atoms with van der Waals surface area (Å²) < 4.78 is 46.5. The fourth-order valence-corrected chi connectivity index (χ4v) is 2.17. The van der Waals surface area contributed by atoms with Crippen molar-refractivity contribution < 1.29 is 26.4 Å². The number of fused-ring (bicyclic) bond motifs is 2. The van der Waals surface area contributed by atoms with Gasteiger partial charge in [-0.05, 0) is 12.8 Å². The Balaban J connectivity index is 2.18. The molecule has 2 unspecified atom stereocenters. The largest absolute Gasteiger partial charge is 0.418 e. The normalized spacial score (nSPS) is 31.2. The summed E-state index contributed by atoms with van der Waals surface area (Å²) in [5, 5.41) is 0.509. The van der Waals surface area contributed by atoms with Crippen LogP contribution in [-0.2, 0) is 14.7 Å². The summed E-state index contributed by atoms with van der Waals surface area (Å²) in [4.78, 5) is 12.3. The molecule has 2 fully saturated rings. The van der Waals surface area contributed by atoms with E-state index in [9.17, 15) is 17.6 Å². The van der Waals surface area contributed by atoms with Crippen molar-refractivity contribution in [3.8, 4) is 0 Å². The lowest BCUT2D eigenvalue weighted by Gasteiger charge is -2.23. The Bertz CT molecular complexity index is 385. The summed E-state index contributed by atoms with van der Waals surface area (Å²) in [6, 6.07) is -1.39. The summed E-state index contributed by atoms with van der Waals surface area (Å²) in [5.41, 5.74) is 0. The van der Waals surface area contributed by atoms with Crippen LogP contribution in [0.2, 0.25) is 0 Å². The van der Waals surface area contributed by atoms with Crippen LogP contribution < -0.4 is 0 Å². The first-order chi connectivity index (χ1) is 6.88. The maximum atomic E-state index is 13.1. The highest BCUT2D eigenvalue weighted by molar-refractivity contribution is 7.80. The van der Waals surface area contributed by atoms with Crippen molar-refractivity contribution in [2.24, 2.45) is 0 Å². The van der Waals surface area contributed by atoms with Crippen molar-refractivity contribution in [1.82, 2.24) is 9.96 Å². The molecule has 7 nitrogen and oxygen atoms in total. The highest BCUT2D eigenvalue weighted by atomic mass is 32.3. The van der Waals surface area contributed by atoms with E-state index in [2.05, 4.69) is 4.28 Å². The van der Waals surface area contributed by atoms with Crippen LogP contribution in [0.3, 0.4) is 0 Å². The third kappa shape index (κ3) is 1.90. The van der Waals surface area contributed by atoms with Crippen molar-refractivity contribution in [3.05, 3.63) is 0 Å². The predicted molar refractivity (Wildman–Crippen MR) is 44.5 cm³/mol. The number of carbonyl (C=O) groups is 1. The van der Waals surface area contributed by atoms with Gasteiger partial charge in [0.25, 0.3) is 0 Å². The number of hydrogen-bond acceptors (Lipinski definition) is 4. The molecule has 0 aromatic rings. The quantitative estimate of drug-likeness (QED) is 0.538. The van der Waals surface area contributed by atoms with E-state index in [1.54, 1.807) is 0 Å². The number of alkyl halides is 1. The van der Waals surface area contributed by atoms with Crippen molar-refractivity contribution in [2.75, 3.05) is 6.54 Å². The SMILES string of the molecule is O=C1N2CC(CCC2F)N1OS(=O)(=O)O. The molecule has 2 rings (SSSR count). The van der Waals surface area contributed by atoms with Gasteiger partial charge < -0.3 is 0 Å². The monoisotopic (exact) mass is 240 g/mol. The van der Waals surface area contributed by atoms with Gasteiger partial charge in [0.1, 0.15) is 0 Å². The fourth-order valence-electron chi connectivity index (χ4n) is 1.78. The number of piperidine rings is 1. The Labute approximate surface area is 85.3 Å². The summed E-state index contributed by atoms with van der Waals surface area (Å²) in [6.07, 6.45) is -0.968. The van der Waals surface area contributed by atoms with Crippen molar-refractivity contribution in [3.63, 3.8) is 0 Å². The number of hydroxylamine groups is 2. The van der Waals surface area contributed by atoms with Gasteiger partial charge in [-0.2, -0.15) is 13.5 Å². The van der Waals surface area contributed by atoms with Gasteiger partial charge in [-0.15, -0.1) is 4.28 Å². The summed E-state index contributed by atoms with van der Waals surface area (Å²) in [5.74, 6) is 0. The Hall–Kier alpha value is -0.930. The number of nitrogens with zero attached hydrogens (tertiary/aromatic N) is 2. The molecule has 0 radical (unpaired) electrons. The molecule has 0 aromatic heterocycles. The molecule has 0 spiro atoms. The molecule has 15 heavy (non-hydrogen) atoms. The van der Waals surface area contributed by atoms with Crippen LogP contribution >= 0.6 is 0 Å². The molecule has 9 heteroatoms. The second-order valence-corrected chi connectivity index (χ2v) is 4.43. The van der Waals surface area contributed by atoms with Crippen LogP contribution in [0.4, 0.5) is 9.18 Å². The number of carbonyl (C=O) groups excluding carboxylic acids is 1. The van der Waals surface area contributed by atoms with E-state index in [1.165, 1.54) is 0 Å². The standard InChI is InChI=1S/C6H9FN2O5S/c7-5-2-1-4-3-8(5)6(10)9(4)14-15(11,12)13/h4-5H,1-3H2,(H,11,12,13). The van der Waals surface area contributed by atoms with Gasteiger partial charge in [-0.1, -0.05) is 0 Å². The molecule has 2 bridgehead atoms. The summed E-state index contributed by atoms with van der Waals surface area (Å²) in [7, 11) is -4.74. The molecule has 2 aliphatic rings. The minimum atomic E-state index is -4.74. The maximum absolute atomic E-state index is 13.1. The van der Waals surface area contributed by atoms with E-state index in [1.807, 2.05) is 0 Å². The lowest BCUT2D eigenvalue weighted by atomic mass is 10.1. The molecule has 2 aliphatic heterocycles. The van der Waals surface area contributed by atoms with Gasteiger partial charge in [0.2, 0.25) is 0 Å². The number of halogens is 1. The Kier molecular flexibility index (Phi) is 2.32. The van der Waals surface area contributed by atoms with Crippen molar-refractivity contribution in [1.29, 1.82) is 0 Å². The third-order valence-electron chi connectivity index (χ3n) is 2.42. The third-order valence-corrected chi connectivity index (χ3v) is 2.77. The average molecular weight is 240 g/mol. The van der Waals surface area contributed by atoms with Gasteiger partial charge in [0.05, 0.1) is 6.04 Å². The molecule has 0 aliphatic carbocycles. The van der Waals surface area contributed by atoms with E-state index in [0.717, 1.165) is 4.90 Å². The number of rotatable bonds is 2. The zero-order chi connectivity index (χ0) is 11.2. The molecule has 86 valence electrons. The molecule has 2 saturated heterocycles. The van der Waals surface area contributed by atoms with Crippen LogP contribution in [0.15, 0.2) is 0 Å². The maximum Gasteiger partial charge on any atom is 0.418 e. The second kappa shape index (κ2) is 3.29. The highest BCUT2D eigenvalue weighted by Crippen LogP contribution is 2.30. The molecule has 0 saturated carbocycles. The van der Waals surface area contributed by atoms with E-state index >= 15 is 0 Å². The molecule has 2 heterocycles. The van der Waals surface area contributed by atoms with Crippen molar-refractivity contribution >= 4 is 16.4 Å². The van der Waals surface area contributed by atoms with Gasteiger partial charge in [0.15, 0.2) is 6.30 Å². The zero-order valence-electron chi connectivity index (χ0n) is 7.54. The van der Waals surface area contributed by atoms with E-state index in [-0.39, 0.29) is 13.0 Å². The van der Waals surface area contributed by atoms with Crippen LogP contribution in [0, 0.1) is 0 Å². The van der Waals surface area contributed by atoms with E-state index in [0.29, 0.717) is 11.5 Å². The molecular weight excluding hydrogens is 231 g/mol. The fraction of sp³-hybridized carbons (Fsp3) is 0.833. The van der Waals surface area contributed by atoms with E-state index in [4.69, 9.17) is 4.55 Å². The first kappa shape index (κ1) is 10.6. The van der Waals surface area contributed by atoms with Gasteiger partial charge in [-0.25, -0.2) is 9.18 Å². The lowest BCUT2D eigenvalue weighted by Crippen LogP contribution is -2.37.